The van der Waals surface area contributed by atoms with E-state index in [9.17, 15) is 19.6 Å². The van der Waals surface area contributed by atoms with Crippen LogP contribution in [0.25, 0.3) is 5.52 Å². The van der Waals surface area contributed by atoms with Crippen LogP contribution in [-0.4, -0.2) is 76.3 Å². The van der Waals surface area contributed by atoms with Crippen LogP contribution in [-0.2, 0) is 38.1 Å². The van der Waals surface area contributed by atoms with Crippen molar-refractivity contribution in [1.82, 2.24) is 19.9 Å². The maximum Gasteiger partial charge on any atom is 0.322 e. The molecule has 0 radical (unpaired) electrons. The summed E-state index contributed by atoms with van der Waals surface area (Å²) in [5.74, 6) is -1.67. The van der Waals surface area contributed by atoms with Gasteiger partial charge in [-0.3, -0.25) is 19.7 Å². The smallest absolute Gasteiger partial charge is 0.322 e. The lowest BCUT2D eigenvalue weighted by Crippen LogP contribution is -2.50. The second kappa shape index (κ2) is 11.3. The zero-order valence-corrected chi connectivity index (χ0v) is 20.3. The van der Waals surface area contributed by atoms with Gasteiger partial charge in [0, 0.05) is 13.8 Å². The van der Waals surface area contributed by atoms with Gasteiger partial charge in [-0.15, -0.1) is 0 Å². The van der Waals surface area contributed by atoms with Crippen LogP contribution in [0.3, 0.4) is 0 Å². The Morgan fingerprint density at radius 1 is 1.31 bits per heavy atom. The molecule has 14 heteroatoms. The molecule has 0 spiro atoms. The first-order valence-electron chi connectivity index (χ1n) is 11.1. The molecular formula is C22H28N6O8. The molecule has 5 atom stereocenters. The third-order valence-electron chi connectivity index (χ3n) is 5.43. The number of hydrogen-bond acceptors (Lipinski definition) is 13. The van der Waals surface area contributed by atoms with Crippen LogP contribution < -0.4 is 11.1 Å². The molecule has 2 aromatic heterocycles. The van der Waals surface area contributed by atoms with E-state index in [1.807, 2.05) is 6.07 Å². The number of nitriles is 1. The fourth-order valence-corrected chi connectivity index (χ4v) is 3.83. The van der Waals surface area contributed by atoms with Crippen molar-refractivity contribution in [3.8, 4) is 6.07 Å². The number of nitrogens with zero attached hydrogens (tertiary/aromatic N) is 4. The summed E-state index contributed by atoms with van der Waals surface area (Å²) in [7, 11) is 0. The van der Waals surface area contributed by atoms with Gasteiger partial charge in [-0.25, -0.2) is 9.50 Å². The van der Waals surface area contributed by atoms with Crippen LogP contribution >= 0.6 is 0 Å². The van der Waals surface area contributed by atoms with Gasteiger partial charge < -0.3 is 29.4 Å². The van der Waals surface area contributed by atoms with E-state index in [0.717, 1.165) is 6.92 Å². The van der Waals surface area contributed by atoms with Crippen molar-refractivity contribution in [3.05, 3.63) is 24.2 Å². The molecule has 194 valence electrons. The lowest BCUT2D eigenvalue weighted by molar-refractivity contribution is -0.168. The minimum absolute atomic E-state index is 0.153. The van der Waals surface area contributed by atoms with Crippen molar-refractivity contribution >= 4 is 29.2 Å². The first-order chi connectivity index (χ1) is 17.1. The number of carbonyl (C=O) groups excluding carboxylic acids is 3. The second-order valence-corrected chi connectivity index (χ2v) is 8.02. The number of rotatable bonds is 10. The van der Waals surface area contributed by atoms with Gasteiger partial charge in [-0.05, 0) is 26.0 Å². The van der Waals surface area contributed by atoms with E-state index in [4.69, 9.17) is 29.4 Å². The Morgan fingerprint density at radius 3 is 2.67 bits per heavy atom. The fourth-order valence-electron chi connectivity index (χ4n) is 3.83. The summed E-state index contributed by atoms with van der Waals surface area (Å²) in [6.45, 7) is 5.30. The van der Waals surface area contributed by atoms with Gasteiger partial charge in [-0.2, -0.15) is 10.4 Å². The number of carbonyl (C=O) groups is 3. The van der Waals surface area contributed by atoms with Gasteiger partial charge >= 0.3 is 17.9 Å². The molecule has 14 nitrogen and oxygen atoms in total. The maximum atomic E-state index is 12.0. The molecular weight excluding hydrogens is 476 g/mol. The van der Waals surface area contributed by atoms with E-state index in [1.54, 1.807) is 26.0 Å². The van der Waals surface area contributed by atoms with Crippen LogP contribution in [0.1, 0.15) is 39.5 Å². The molecule has 1 fully saturated rings. The standard InChI is InChI=1S/C22H28N6O8/c1-5-33-21(31)12(2)26-11-32-9-22(8-23)19(35-14(4)30)18(34-13(3)29)17(36-22)15-6-7-16-20(24)25-10-27-28(15)16/h6-7,10,12,17-19,26H,5,9,11H2,1-4H3,(H2,24,25,27)/t12-,17-,18-,19-,22+/m0/s1. The molecule has 36 heavy (non-hydrogen) atoms. The molecule has 2 aromatic rings. The monoisotopic (exact) mass is 504 g/mol. The summed E-state index contributed by atoms with van der Waals surface area (Å²) in [6, 6.07) is 4.62. The highest BCUT2D eigenvalue weighted by molar-refractivity contribution is 5.75. The summed E-state index contributed by atoms with van der Waals surface area (Å²) in [5.41, 5.74) is 4.90. The number of fused-ring (bicyclic) bond motifs is 1. The molecule has 0 amide bonds. The number of esters is 3. The van der Waals surface area contributed by atoms with E-state index in [2.05, 4.69) is 15.4 Å². The Labute approximate surface area is 206 Å². The van der Waals surface area contributed by atoms with Crippen LogP contribution in [0.2, 0.25) is 0 Å². The first kappa shape index (κ1) is 26.8. The Hall–Kier alpha value is -3.80. The predicted octanol–water partition coefficient (Wildman–Crippen LogP) is 0.0239. The quantitative estimate of drug-likeness (QED) is 0.191. The first-order valence-corrected chi connectivity index (χ1v) is 11.1. The molecule has 3 N–H and O–H groups in total. The normalized spacial score (nSPS) is 24.1. The van der Waals surface area contributed by atoms with Crippen molar-refractivity contribution in [2.75, 3.05) is 25.7 Å². The number of nitrogen functional groups attached to an aromatic ring is 1. The predicted molar refractivity (Wildman–Crippen MR) is 121 cm³/mol. The van der Waals surface area contributed by atoms with E-state index < -0.39 is 54.5 Å². The van der Waals surface area contributed by atoms with E-state index in [-0.39, 0.29) is 19.2 Å². The largest absolute Gasteiger partial charge is 0.465 e. The highest BCUT2D eigenvalue weighted by atomic mass is 16.7. The van der Waals surface area contributed by atoms with Gasteiger partial charge in [0.05, 0.1) is 25.6 Å². The van der Waals surface area contributed by atoms with Gasteiger partial charge in [0.2, 0.25) is 5.60 Å². The van der Waals surface area contributed by atoms with E-state index in [1.165, 1.54) is 17.8 Å². The van der Waals surface area contributed by atoms with Gasteiger partial charge in [-0.1, -0.05) is 0 Å². The molecule has 0 aromatic carbocycles. The maximum absolute atomic E-state index is 12.0. The lowest BCUT2D eigenvalue weighted by atomic mass is 9.95. The van der Waals surface area contributed by atoms with Crippen molar-refractivity contribution in [3.63, 3.8) is 0 Å². The average molecular weight is 505 g/mol. The molecule has 0 aliphatic carbocycles. The van der Waals surface area contributed by atoms with Crippen molar-refractivity contribution < 1.29 is 38.1 Å². The van der Waals surface area contributed by atoms with E-state index in [0.29, 0.717) is 11.2 Å². The number of hydrogen-bond donors (Lipinski definition) is 2. The zero-order chi connectivity index (χ0) is 26.5. The minimum Gasteiger partial charge on any atom is -0.465 e. The number of nitrogens with two attached hydrogens (primary N) is 1. The van der Waals surface area contributed by atoms with E-state index >= 15 is 0 Å². The third kappa shape index (κ3) is 5.54. The number of nitrogens with one attached hydrogen (secondary N) is 1. The molecule has 0 unspecified atom stereocenters. The highest BCUT2D eigenvalue weighted by Crippen LogP contribution is 2.44. The summed E-state index contributed by atoms with van der Waals surface area (Å²) in [6.07, 6.45) is -2.40. The molecule has 3 heterocycles. The average Bonchev–Trinajstić information content (AvgIpc) is 3.37. The second-order valence-electron chi connectivity index (χ2n) is 8.02. The van der Waals surface area contributed by atoms with Gasteiger partial charge in [0.25, 0.3) is 0 Å². The Balaban J connectivity index is 1.91. The summed E-state index contributed by atoms with van der Waals surface area (Å²) < 4.78 is 29.0. The van der Waals surface area contributed by atoms with Gasteiger partial charge in [0.15, 0.2) is 18.0 Å². The molecule has 1 aliphatic rings. The number of ether oxygens (including phenoxy) is 5. The Bertz CT molecular complexity index is 1160. The zero-order valence-electron chi connectivity index (χ0n) is 20.3. The molecule has 0 bridgehead atoms. The van der Waals surface area contributed by atoms with Gasteiger partial charge in [0.1, 0.15) is 30.1 Å². The Morgan fingerprint density at radius 2 is 2.03 bits per heavy atom. The molecule has 3 rings (SSSR count). The van der Waals surface area contributed by atoms with Crippen LogP contribution in [0.4, 0.5) is 5.82 Å². The number of anilines is 1. The lowest BCUT2D eigenvalue weighted by Gasteiger charge is -2.28. The minimum atomic E-state index is -1.87. The van der Waals surface area contributed by atoms with Crippen LogP contribution in [0.15, 0.2) is 18.5 Å². The molecule has 1 saturated heterocycles. The highest BCUT2D eigenvalue weighted by Gasteiger charge is 2.61. The van der Waals surface area contributed by atoms with Crippen LogP contribution in [0, 0.1) is 11.3 Å². The van der Waals surface area contributed by atoms with Crippen molar-refractivity contribution in [2.24, 2.45) is 0 Å². The fraction of sp³-hybridized carbons (Fsp3) is 0.545. The molecule has 0 saturated carbocycles. The topological polar surface area (TPSA) is 189 Å². The third-order valence-corrected chi connectivity index (χ3v) is 5.43. The SMILES string of the molecule is CCOC(=O)[C@H](C)NCOC[C@@]1(C#N)O[C@@H](c2ccc3c(N)ncnn23)[C@H](OC(C)=O)[C@@H]1OC(C)=O. The number of aromatic nitrogens is 3. The summed E-state index contributed by atoms with van der Waals surface area (Å²) in [4.78, 5) is 39.7. The van der Waals surface area contributed by atoms with Crippen molar-refractivity contribution in [2.45, 2.75) is 57.6 Å². The van der Waals surface area contributed by atoms with Crippen molar-refractivity contribution in [1.29, 1.82) is 5.26 Å². The Kier molecular flexibility index (Phi) is 8.41. The van der Waals surface area contributed by atoms with Crippen LogP contribution in [0.5, 0.6) is 0 Å². The summed E-state index contributed by atoms with van der Waals surface area (Å²) in [5, 5.41) is 17.1. The summed E-state index contributed by atoms with van der Waals surface area (Å²) >= 11 is 0. The molecule has 1 aliphatic heterocycles.